The predicted molar refractivity (Wildman–Crippen MR) is 110 cm³/mol. The highest BCUT2D eigenvalue weighted by Gasteiger charge is 2.29. The molecule has 2 heterocycles. The van der Waals surface area contributed by atoms with E-state index in [-0.39, 0.29) is 11.7 Å². The van der Waals surface area contributed by atoms with Crippen molar-refractivity contribution >= 4 is 26.8 Å². The second-order valence-electron chi connectivity index (χ2n) is 7.21. The van der Waals surface area contributed by atoms with Crippen LogP contribution in [0.5, 0.6) is 0 Å². The lowest BCUT2D eigenvalue weighted by Gasteiger charge is -2.33. The molecular formula is C21H23N3O3S. The molecule has 0 radical (unpaired) electrons. The fraction of sp³-hybridized carbons (Fsp3) is 0.286. The lowest BCUT2D eigenvalue weighted by molar-refractivity contribution is 0.0693. The van der Waals surface area contributed by atoms with Crippen LogP contribution in [0.2, 0.25) is 0 Å². The third-order valence-corrected chi connectivity index (χ3v) is 6.97. The van der Waals surface area contributed by atoms with E-state index in [1.807, 2.05) is 61.5 Å². The van der Waals surface area contributed by atoms with E-state index >= 15 is 0 Å². The van der Waals surface area contributed by atoms with Crippen LogP contribution in [0.15, 0.2) is 54.6 Å². The number of aryl methyl sites for hydroxylation is 1. The van der Waals surface area contributed by atoms with Gasteiger partial charge in [-0.1, -0.05) is 42.5 Å². The van der Waals surface area contributed by atoms with Crippen LogP contribution in [0.25, 0.3) is 10.9 Å². The molecule has 28 heavy (non-hydrogen) atoms. The molecular weight excluding hydrogens is 374 g/mol. The van der Waals surface area contributed by atoms with E-state index in [2.05, 4.69) is 4.98 Å². The van der Waals surface area contributed by atoms with Crippen molar-refractivity contribution in [2.24, 2.45) is 0 Å². The summed E-state index contributed by atoms with van der Waals surface area (Å²) in [5.74, 6) is -0.0997. The molecule has 0 aliphatic carbocycles. The van der Waals surface area contributed by atoms with Crippen molar-refractivity contribution in [1.82, 2.24) is 14.2 Å². The van der Waals surface area contributed by atoms with Gasteiger partial charge in [0.25, 0.3) is 5.91 Å². The van der Waals surface area contributed by atoms with Crippen molar-refractivity contribution in [1.29, 1.82) is 0 Å². The van der Waals surface area contributed by atoms with Gasteiger partial charge in [-0.05, 0) is 30.2 Å². The number of nitrogens with zero attached hydrogens (tertiary/aromatic N) is 2. The summed E-state index contributed by atoms with van der Waals surface area (Å²) >= 11 is 0. The van der Waals surface area contributed by atoms with Gasteiger partial charge < -0.3 is 9.88 Å². The summed E-state index contributed by atoms with van der Waals surface area (Å²) in [5, 5.41) is 0.998. The van der Waals surface area contributed by atoms with Crippen LogP contribution in [0, 0.1) is 6.92 Å². The van der Waals surface area contributed by atoms with Gasteiger partial charge in [-0.15, -0.1) is 0 Å². The van der Waals surface area contributed by atoms with Gasteiger partial charge in [-0.25, -0.2) is 8.42 Å². The Hall–Kier alpha value is -2.64. The molecule has 1 aromatic heterocycles. The predicted octanol–water partition coefficient (Wildman–Crippen LogP) is 2.76. The van der Waals surface area contributed by atoms with Crippen LogP contribution in [0.4, 0.5) is 0 Å². The van der Waals surface area contributed by atoms with E-state index < -0.39 is 10.0 Å². The Morgan fingerprint density at radius 3 is 2.43 bits per heavy atom. The molecule has 1 fully saturated rings. The fourth-order valence-corrected chi connectivity index (χ4v) is 5.09. The van der Waals surface area contributed by atoms with Gasteiger partial charge in [0.1, 0.15) is 5.69 Å². The molecule has 7 heteroatoms. The van der Waals surface area contributed by atoms with E-state index in [1.54, 1.807) is 4.90 Å². The number of amides is 1. The zero-order chi connectivity index (χ0) is 19.7. The first kappa shape index (κ1) is 18.7. The van der Waals surface area contributed by atoms with Gasteiger partial charge in [0, 0.05) is 37.1 Å². The molecule has 1 aliphatic rings. The second-order valence-corrected chi connectivity index (χ2v) is 9.18. The Kier molecular flexibility index (Phi) is 4.95. The number of rotatable bonds is 4. The van der Waals surface area contributed by atoms with Gasteiger partial charge in [-0.3, -0.25) is 4.79 Å². The Morgan fingerprint density at radius 2 is 1.71 bits per heavy atom. The maximum atomic E-state index is 12.8. The highest BCUT2D eigenvalue weighted by Crippen LogP contribution is 2.19. The number of carbonyl (C=O) groups is 1. The molecule has 1 amide bonds. The molecule has 0 unspecified atom stereocenters. The van der Waals surface area contributed by atoms with Gasteiger partial charge in [0.05, 0.1) is 5.75 Å². The topological polar surface area (TPSA) is 73.5 Å². The number of H-pyrrole nitrogens is 1. The Morgan fingerprint density at radius 1 is 1.00 bits per heavy atom. The molecule has 146 valence electrons. The summed E-state index contributed by atoms with van der Waals surface area (Å²) in [6.45, 7) is 3.43. The SMILES string of the molecule is Cc1ccc2cc(C(=O)N3CCN(S(=O)(=O)Cc4ccccc4)CC3)[nH]c2c1. The average molecular weight is 398 g/mol. The minimum absolute atomic E-state index is 0.0108. The summed E-state index contributed by atoms with van der Waals surface area (Å²) in [6, 6.07) is 17.0. The van der Waals surface area contributed by atoms with Crippen molar-refractivity contribution in [2.75, 3.05) is 26.2 Å². The molecule has 4 rings (SSSR count). The summed E-state index contributed by atoms with van der Waals surface area (Å²) in [5.41, 5.74) is 3.38. The van der Waals surface area contributed by atoms with E-state index in [0.717, 1.165) is 22.0 Å². The maximum Gasteiger partial charge on any atom is 0.270 e. The Balaban J connectivity index is 1.42. The van der Waals surface area contributed by atoms with Crippen LogP contribution < -0.4 is 0 Å². The smallest absolute Gasteiger partial charge is 0.270 e. The molecule has 6 nitrogen and oxygen atoms in total. The number of carbonyl (C=O) groups excluding carboxylic acids is 1. The highest BCUT2D eigenvalue weighted by molar-refractivity contribution is 7.88. The first-order valence-corrected chi connectivity index (χ1v) is 10.9. The first-order valence-electron chi connectivity index (χ1n) is 9.33. The van der Waals surface area contributed by atoms with Crippen LogP contribution in [0.3, 0.4) is 0 Å². The van der Waals surface area contributed by atoms with Crippen LogP contribution in [-0.2, 0) is 15.8 Å². The number of piperazine rings is 1. The van der Waals surface area contributed by atoms with Gasteiger partial charge in [0.15, 0.2) is 0 Å². The number of hydrogen-bond donors (Lipinski definition) is 1. The summed E-state index contributed by atoms with van der Waals surface area (Å²) < 4.78 is 26.8. The molecule has 1 aliphatic heterocycles. The summed E-state index contributed by atoms with van der Waals surface area (Å²) in [7, 11) is -3.39. The normalized spacial score (nSPS) is 15.8. The number of nitrogens with one attached hydrogen (secondary N) is 1. The molecule has 0 bridgehead atoms. The standard InChI is InChI=1S/C21H23N3O3S/c1-16-7-8-18-14-20(22-19(18)13-16)21(25)23-9-11-24(12-10-23)28(26,27)15-17-5-3-2-4-6-17/h2-8,13-14,22H,9-12,15H2,1H3. The van der Waals surface area contributed by atoms with Crippen molar-refractivity contribution in [3.63, 3.8) is 0 Å². The zero-order valence-electron chi connectivity index (χ0n) is 15.8. The second kappa shape index (κ2) is 7.41. The number of benzene rings is 2. The van der Waals surface area contributed by atoms with Crippen molar-refractivity contribution in [3.8, 4) is 0 Å². The monoisotopic (exact) mass is 397 g/mol. The van der Waals surface area contributed by atoms with Crippen molar-refractivity contribution in [3.05, 3.63) is 71.4 Å². The molecule has 0 spiro atoms. The van der Waals surface area contributed by atoms with E-state index in [0.29, 0.717) is 31.9 Å². The highest BCUT2D eigenvalue weighted by atomic mass is 32.2. The number of aromatic nitrogens is 1. The molecule has 1 N–H and O–H groups in total. The van der Waals surface area contributed by atoms with E-state index in [9.17, 15) is 13.2 Å². The van der Waals surface area contributed by atoms with Gasteiger partial charge in [0.2, 0.25) is 10.0 Å². The zero-order valence-corrected chi connectivity index (χ0v) is 16.6. The van der Waals surface area contributed by atoms with Crippen molar-refractivity contribution < 1.29 is 13.2 Å². The minimum atomic E-state index is -3.39. The molecule has 1 saturated heterocycles. The number of hydrogen-bond acceptors (Lipinski definition) is 3. The number of sulfonamides is 1. The van der Waals surface area contributed by atoms with Crippen LogP contribution in [-0.4, -0.2) is 54.7 Å². The first-order chi connectivity index (χ1) is 13.4. The lowest BCUT2D eigenvalue weighted by atomic mass is 10.2. The molecule has 2 aromatic carbocycles. The molecule has 0 saturated carbocycles. The summed E-state index contributed by atoms with van der Waals surface area (Å²) in [6.07, 6.45) is 0. The maximum absolute atomic E-state index is 12.8. The van der Waals surface area contributed by atoms with E-state index in [4.69, 9.17) is 0 Å². The number of aromatic amines is 1. The third kappa shape index (κ3) is 3.81. The Labute approximate surface area is 164 Å². The fourth-order valence-electron chi connectivity index (χ4n) is 3.57. The average Bonchev–Trinajstić information content (AvgIpc) is 3.11. The van der Waals surface area contributed by atoms with Crippen LogP contribution in [0.1, 0.15) is 21.6 Å². The third-order valence-electron chi connectivity index (χ3n) is 5.12. The molecule has 3 aromatic rings. The largest absolute Gasteiger partial charge is 0.351 e. The quantitative estimate of drug-likeness (QED) is 0.736. The Bertz CT molecular complexity index is 1100. The van der Waals surface area contributed by atoms with Crippen LogP contribution >= 0.6 is 0 Å². The van der Waals surface area contributed by atoms with Gasteiger partial charge >= 0.3 is 0 Å². The minimum Gasteiger partial charge on any atom is -0.351 e. The molecule has 0 atom stereocenters. The van der Waals surface area contributed by atoms with Gasteiger partial charge in [-0.2, -0.15) is 4.31 Å². The number of fused-ring (bicyclic) bond motifs is 1. The van der Waals surface area contributed by atoms with Crippen molar-refractivity contribution in [2.45, 2.75) is 12.7 Å². The lowest BCUT2D eigenvalue weighted by Crippen LogP contribution is -2.50. The summed E-state index contributed by atoms with van der Waals surface area (Å²) in [4.78, 5) is 17.7. The van der Waals surface area contributed by atoms with E-state index in [1.165, 1.54) is 4.31 Å².